The highest BCUT2D eigenvalue weighted by Crippen LogP contribution is 2.30. The second-order valence-corrected chi connectivity index (χ2v) is 7.30. The molecule has 0 unspecified atom stereocenters. The number of ether oxygens (including phenoxy) is 1. The molecule has 7 nitrogen and oxygen atoms in total. The molecule has 3 aromatic rings. The second kappa shape index (κ2) is 12.4. The molecule has 0 saturated heterocycles. The predicted octanol–water partition coefficient (Wildman–Crippen LogP) is 6.28. The van der Waals surface area contributed by atoms with Crippen molar-refractivity contribution in [1.82, 2.24) is 4.57 Å². The maximum absolute atomic E-state index is 14.5. The summed E-state index contributed by atoms with van der Waals surface area (Å²) >= 11 is 3.35. The standard InChI is InChI=1S/C22H21BrFN5O2.C2H6/c1-3-26-20(25)5-4-11-29-12-10-15-18(29)8-7-16(24)21(15)28-22(30)27-17-13-14(23)6-9-19(17)31-2;1-2/h3-10,12-13H,1,11H2,2H3,(H2,25,26)(H2,27,28,30);1-2H3/b5-4+;. The number of nitrogens with zero attached hydrogens (tertiary/aromatic N) is 2. The maximum Gasteiger partial charge on any atom is 0.323 e. The molecule has 0 spiro atoms. The molecule has 3 rings (SSSR count). The van der Waals surface area contributed by atoms with Crippen molar-refractivity contribution < 1.29 is 13.9 Å². The molecule has 2 amide bonds. The third-order valence-corrected chi connectivity index (χ3v) is 4.87. The molecule has 0 fully saturated rings. The van der Waals surface area contributed by atoms with Gasteiger partial charge in [0, 0.05) is 28.8 Å². The van der Waals surface area contributed by atoms with E-state index in [2.05, 4.69) is 38.1 Å². The summed E-state index contributed by atoms with van der Waals surface area (Å²) < 4.78 is 22.4. The van der Waals surface area contributed by atoms with Crippen LogP contribution in [0.1, 0.15) is 13.8 Å². The molecular weight excluding hydrogens is 489 g/mol. The summed E-state index contributed by atoms with van der Waals surface area (Å²) in [6.07, 6.45) is 6.65. The van der Waals surface area contributed by atoms with Gasteiger partial charge in [0.25, 0.3) is 0 Å². The van der Waals surface area contributed by atoms with Gasteiger partial charge in [0.05, 0.1) is 24.0 Å². The number of nitrogens with two attached hydrogens (primary N) is 1. The van der Waals surface area contributed by atoms with Crippen molar-refractivity contribution in [3.8, 4) is 5.75 Å². The number of hydrogen-bond donors (Lipinski definition) is 3. The Kier molecular flexibility index (Phi) is 9.68. The lowest BCUT2D eigenvalue weighted by Crippen LogP contribution is -2.20. The number of carbonyl (C=O) groups is 1. The van der Waals surface area contributed by atoms with Crippen LogP contribution in [-0.4, -0.2) is 23.5 Å². The molecule has 2 aromatic carbocycles. The molecular formula is C24H27BrFN5O2. The number of amides is 2. The predicted molar refractivity (Wildman–Crippen MR) is 138 cm³/mol. The summed E-state index contributed by atoms with van der Waals surface area (Å²) in [7, 11) is 1.50. The Labute approximate surface area is 201 Å². The van der Waals surface area contributed by atoms with E-state index >= 15 is 0 Å². The smallest absolute Gasteiger partial charge is 0.323 e. The number of urea groups is 1. The molecule has 0 aliphatic carbocycles. The van der Waals surface area contributed by atoms with Crippen molar-refractivity contribution in [3.63, 3.8) is 0 Å². The molecule has 0 saturated carbocycles. The maximum atomic E-state index is 14.5. The molecule has 174 valence electrons. The Bertz CT molecular complexity index is 1190. The summed E-state index contributed by atoms with van der Waals surface area (Å²) in [5, 5.41) is 5.85. The van der Waals surface area contributed by atoms with Gasteiger partial charge in [-0.3, -0.25) is 0 Å². The van der Waals surface area contributed by atoms with Crippen LogP contribution in [0.25, 0.3) is 10.9 Å². The fraction of sp³-hybridized carbons (Fsp3) is 0.167. The summed E-state index contributed by atoms with van der Waals surface area (Å²) in [4.78, 5) is 16.4. The van der Waals surface area contributed by atoms with Crippen molar-refractivity contribution in [2.24, 2.45) is 10.7 Å². The van der Waals surface area contributed by atoms with Crippen LogP contribution in [0, 0.1) is 5.82 Å². The van der Waals surface area contributed by atoms with Gasteiger partial charge >= 0.3 is 6.03 Å². The number of amidine groups is 1. The number of nitrogens with one attached hydrogen (secondary N) is 2. The van der Waals surface area contributed by atoms with Gasteiger partial charge in [-0.25, -0.2) is 14.2 Å². The van der Waals surface area contributed by atoms with Crippen LogP contribution in [0.3, 0.4) is 0 Å². The molecule has 9 heteroatoms. The number of methoxy groups -OCH3 is 1. The molecule has 0 radical (unpaired) electrons. The van der Waals surface area contributed by atoms with Gasteiger partial charge in [0.1, 0.15) is 17.4 Å². The summed E-state index contributed by atoms with van der Waals surface area (Å²) in [6, 6.07) is 9.30. The first-order chi connectivity index (χ1) is 15.9. The van der Waals surface area contributed by atoms with Crippen molar-refractivity contribution >= 4 is 50.1 Å². The normalized spacial score (nSPS) is 11.1. The highest BCUT2D eigenvalue weighted by molar-refractivity contribution is 9.10. The minimum Gasteiger partial charge on any atom is -0.495 e. The van der Waals surface area contributed by atoms with Crippen molar-refractivity contribution in [2.75, 3.05) is 17.7 Å². The zero-order valence-electron chi connectivity index (χ0n) is 18.7. The van der Waals surface area contributed by atoms with Gasteiger partial charge in [-0.1, -0.05) is 42.4 Å². The van der Waals surface area contributed by atoms with Gasteiger partial charge in [-0.2, -0.15) is 0 Å². The number of halogens is 2. The number of anilines is 2. The van der Waals surface area contributed by atoms with Gasteiger partial charge in [0.15, 0.2) is 0 Å². The van der Waals surface area contributed by atoms with Gasteiger partial charge in [-0.15, -0.1) is 0 Å². The van der Waals surface area contributed by atoms with Crippen LogP contribution in [0.15, 0.2) is 77.0 Å². The van der Waals surface area contributed by atoms with Crippen LogP contribution in [0.2, 0.25) is 0 Å². The van der Waals surface area contributed by atoms with E-state index in [1.54, 1.807) is 42.6 Å². The molecule has 0 aliphatic rings. The lowest BCUT2D eigenvalue weighted by molar-refractivity contribution is 0.262. The minimum atomic E-state index is -0.594. The van der Waals surface area contributed by atoms with Crippen LogP contribution in [0.4, 0.5) is 20.6 Å². The minimum absolute atomic E-state index is 0.0828. The lowest BCUT2D eigenvalue weighted by atomic mass is 10.2. The second-order valence-electron chi connectivity index (χ2n) is 6.39. The summed E-state index contributed by atoms with van der Waals surface area (Å²) in [5.41, 5.74) is 6.98. The lowest BCUT2D eigenvalue weighted by Gasteiger charge is -2.13. The fourth-order valence-electron chi connectivity index (χ4n) is 3.01. The first kappa shape index (κ1) is 25.7. The van der Waals surface area contributed by atoms with Crippen molar-refractivity contribution in [2.45, 2.75) is 20.4 Å². The van der Waals surface area contributed by atoms with Crippen LogP contribution in [0.5, 0.6) is 5.75 Å². The van der Waals surface area contributed by atoms with Crippen molar-refractivity contribution in [1.29, 1.82) is 0 Å². The molecule has 0 aliphatic heterocycles. The average molecular weight is 516 g/mol. The monoisotopic (exact) mass is 515 g/mol. The topological polar surface area (TPSA) is 93.7 Å². The Balaban J connectivity index is 0.00000187. The van der Waals surface area contributed by atoms with Crippen LogP contribution < -0.4 is 21.1 Å². The largest absolute Gasteiger partial charge is 0.495 e. The Morgan fingerprint density at radius 3 is 2.73 bits per heavy atom. The number of fused-ring (bicyclic) bond motifs is 1. The highest BCUT2D eigenvalue weighted by atomic mass is 79.9. The number of hydrogen-bond acceptors (Lipinski definition) is 3. The molecule has 0 atom stereocenters. The van der Waals surface area contributed by atoms with E-state index in [0.29, 0.717) is 29.2 Å². The van der Waals surface area contributed by atoms with E-state index in [0.717, 1.165) is 9.99 Å². The molecule has 1 aromatic heterocycles. The number of allylic oxidation sites excluding steroid dienone is 1. The van der Waals surface area contributed by atoms with Crippen LogP contribution >= 0.6 is 15.9 Å². The summed E-state index contributed by atoms with van der Waals surface area (Å²) in [5.74, 6) is 0.272. The first-order valence-electron chi connectivity index (χ1n) is 10.2. The first-order valence-corrected chi connectivity index (χ1v) is 11.0. The third-order valence-electron chi connectivity index (χ3n) is 4.38. The van der Waals surface area contributed by atoms with E-state index in [4.69, 9.17) is 10.5 Å². The number of aromatic nitrogens is 1. The molecule has 33 heavy (non-hydrogen) atoms. The van der Waals surface area contributed by atoms with E-state index in [9.17, 15) is 9.18 Å². The molecule has 0 bridgehead atoms. The molecule has 1 heterocycles. The zero-order chi connectivity index (χ0) is 24.4. The third kappa shape index (κ3) is 6.69. The van der Waals surface area contributed by atoms with E-state index in [1.165, 1.54) is 19.4 Å². The number of aliphatic imine (C=N–C) groups is 1. The van der Waals surface area contributed by atoms with E-state index in [1.807, 2.05) is 24.5 Å². The van der Waals surface area contributed by atoms with Crippen LogP contribution in [-0.2, 0) is 6.54 Å². The number of benzene rings is 2. The van der Waals surface area contributed by atoms with Gasteiger partial charge in [-0.05, 0) is 42.5 Å². The fourth-order valence-corrected chi connectivity index (χ4v) is 3.37. The molecule has 4 N–H and O–H groups in total. The quantitative estimate of drug-likeness (QED) is 0.255. The van der Waals surface area contributed by atoms with E-state index < -0.39 is 11.8 Å². The Hall–Kier alpha value is -3.59. The average Bonchev–Trinajstić information content (AvgIpc) is 3.20. The van der Waals surface area contributed by atoms with Crippen molar-refractivity contribution in [3.05, 3.63) is 77.8 Å². The Morgan fingerprint density at radius 1 is 1.27 bits per heavy atom. The Morgan fingerprint density at radius 2 is 2.03 bits per heavy atom. The zero-order valence-corrected chi connectivity index (χ0v) is 20.3. The van der Waals surface area contributed by atoms with Gasteiger partial charge < -0.3 is 25.7 Å². The van der Waals surface area contributed by atoms with Gasteiger partial charge in [0.2, 0.25) is 0 Å². The number of rotatable bonds is 7. The van der Waals surface area contributed by atoms with E-state index in [-0.39, 0.29) is 5.69 Å². The SMILES string of the molecule is C=CN=C(N)/C=C/Cn1ccc2c(NC(=O)Nc3cc(Br)ccc3OC)c(F)ccc21.CC. The number of carbonyl (C=O) groups excluding carboxylic acids is 1. The highest BCUT2D eigenvalue weighted by Gasteiger charge is 2.15. The summed E-state index contributed by atoms with van der Waals surface area (Å²) in [6.45, 7) is 7.98.